The van der Waals surface area contributed by atoms with Gasteiger partial charge in [-0.2, -0.15) is 0 Å². The molecule has 0 N–H and O–H groups in total. The minimum atomic E-state index is 0.305. The van der Waals surface area contributed by atoms with Gasteiger partial charge in [0.05, 0.1) is 8.95 Å². The van der Waals surface area contributed by atoms with Gasteiger partial charge in [0.1, 0.15) is 10.5 Å². The molecule has 2 rings (SSSR count). The molecule has 0 aliphatic carbocycles. The normalized spacial score (nSPS) is 12.3. The Balaban J connectivity index is 1.69. The number of aryl methyl sites for hydroxylation is 2. The third-order valence-corrected chi connectivity index (χ3v) is 12.8. The van der Waals surface area contributed by atoms with Crippen molar-refractivity contribution in [1.82, 2.24) is 0 Å². The Morgan fingerprint density at radius 2 is 1.12 bits per heavy atom. The Morgan fingerprint density at radius 3 is 1.66 bits per heavy atom. The van der Waals surface area contributed by atoms with Crippen LogP contribution in [0.25, 0.3) is 9.40 Å². The Morgan fingerprint density at radius 1 is 0.656 bits per heavy atom. The lowest BCUT2D eigenvalue weighted by Gasteiger charge is -2.02. The Hall–Kier alpha value is 0.620. The monoisotopic (exact) mass is 605 g/mol. The van der Waals surface area contributed by atoms with Gasteiger partial charge in [-0.15, -0.1) is 11.3 Å². The van der Waals surface area contributed by atoms with E-state index in [9.17, 15) is 0 Å². The first-order valence-electron chi connectivity index (χ1n) is 13.6. The maximum atomic E-state index is 4.02. The van der Waals surface area contributed by atoms with Gasteiger partial charge in [-0.05, 0) is 68.0 Å². The molecule has 0 fully saturated rings. The van der Waals surface area contributed by atoms with Crippen LogP contribution in [0.4, 0.5) is 0 Å². The van der Waals surface area contributed by atoms with Gasteiger partial charge < -0.3 is 0 Å². The second-order valence-electron chi connectivity index (χ2n) is 9.50. The summed E-state index contributed by atoms with van der Waals surface area (Å²) in [5.41, 5.74) is 0. The Bertz CT molecular complexity index is 731. The molecule has 4 heteroatoms. The molecule has 0 saturated carbocycles. The van der Waals surface area contributed by atoms with E-state index in [1.807, 2.05) is 11.3 Å². The number of unbranched alkanes of at least 4 members (excludes halogenated alkanes) is 16. The number of thiophene rings is 2. The zero-order chi connectivity index (χ0) is 23.0. The van der Waals surface area contributed by atoms with E-state index >= 15 is 0 Å². The highest BCUT2D eigenvalue weighted by molar-refractivity contribution is 9.11. The molecule has 0 spiro atoms. The Labute approximate surface area is 222 Å². The molecule has 0 nitrogen and oxygen atoms in total. The van der Waals surface area contributed by atoms with Gasteiger partial charge >= 0.3 is 0 Å². The summed E-state index contributed by atoms with van der Waals surface area (Å²) in [5, 5.41) is 2.50. The van der Waals surface area contributed by atoms with E-state index in [1.54, 1.807) is 9.58 Å². The lowest BCUT2D eigenvalue weighted by Crippen LogP contribution is -1.85. The maximum absolute atomic E-state index is 4.02. The van der Waals surface area contributed by atoms with Crippen molar-refractivity contribution in [3.05, 3.63) is 19.2 Å². The number of rotatable bonds is 20. The van der Waals surface area contributed by atoms with E-state index in [0.29, 0.717) is 10.5 Å². The van der Waals surface area contributed by atoms with Gasteiger partial charge in [-0.3, -0.25) is 0 Å². The van der Waals surface area contributed by atoms with E-state index in [-0.39, 0.29) is 0 Å². The second-order valence-corrected chi connectivity index (χ2v) is 14.2. The molecule has 2 aromatic rings. The molecule has 2 aromatic heterocycles. The summed E-state index contributed by atoms with van der Waals surface area (Å²) >= 11 is 9.93. The smallest absolute Gasteiger partial charge is 0.132 e. The van der Waals surface area contributed by atoms with Crippen LogP contribution in [0.15, 0.2) is 14.3 Å². The molecule has 0 bridgehead atoms. The topological polar surface area (TPSA) is 0 Å². The first-order valence-corrected chi connectivity index (χ1v) is 17.4. The van der Waals surface area contributed by atoms with Crippen molar-refractivity contribution in [3.8, 4) is 0 Å². The van der Waals surface area contributed by atoms with E-state index in [0.717, 1.165) is 0 Å². The van der Waals surface area contributed by atoms with Crippen molar-refractivity contribution >= 4 is 63.1 Å². The first kappa shape index (κ1) is 28.9. The van der Waals surface area contributed by atoms with E-state index < -0.39 is 0 Å². The zero-order valence-electron chi connectivity index (χ0n) is 20.8. The molecule has 2 heterocycles. The molecule has 32 heavy (non-hydrogen) atoms. The van der Waals surface area contributed by atoms with Gasteiger partial charge in [-0.1, -0.05) is 110 Å². The van der Waals surface area contributed by atoms with E-state index in [2.05, 4.69) is 51.1 Å². The number of hydrogen-bond acceptors (Lipinski definition) is 1. The van der Waals surface area contributed by atoms with Crippen LogP contribution in [0.3, 0.4) is 0 Å². The summed E-state index contributed by atoms with van der Waals surface area (Å²) in [6.07, 6.45) is 26.7. The van der Waals surface area contributed by atoms with Gasteiger partial charge in [0.2, 0.25) is 4.70 Å². The Kier molecular flexibility index (Phi) is 16.2. The van der Waals surface area contributed by atoms with Crippen molar-refractivity contribution in [2.24, 2.45) is 0 Å². The summed E-state index contributed by atoms with van der Waals surface area (Å²) in [5.74, 6) is 1.34. The van der Waals surface area contributed by atoms with Crippen molar-refractivity contribution in [2.45, 2.75) is 142 Å². The van der Waals surface area contributed by atoms with Crippen LogP contribution in [0.1, 0.15) is 134 Å². The molecule has 0 aromatic carbocycles. The van der Waals surface area contributed by atoms with Gasteiger partial charge in [0, 0.05) is 4.88 Å². The summed E-state index contributed by atoms with van der Waals surface area (Å²) in [6, 6.07) is 0. The molecular weight excluding hydrogens is 560 g/mol. The van der Waals surface area contributed by atoms with Crippen molar-refractivity contribution < 1.29 is 0 Å². The molecule has 1 unspecified atom stereocenters. The quantitative estimate of drug-likeness (QED) is 0.104. The zero-order valence-corrected chi connectivity index (χ0v) is 25.6. The largest absolute Gasteiger partial charge is 0.206 e. The molecule has 0 amide bonds. The molecule has 1 atom stereocenters. The van der Waals surface area contributed by atoms with E-state index in [1.165, 1.54) is 141 Å². The fourth-order valence-corrected chi connectivity index (χ4v) is 10.8. The van der Waals surface area contributed by atoms with Gasteiger partial charge in [-0.25, -0.2) is 0 Å². The molecular formula is C28H47Br2S2+. The van der Waals surface area contributed by atoms with Crippen LogP contribution in [-0.2, 0) is 12.2 Å². The van der Waals surface area contributed by atoms with Crippen LogP contribution in [0, 0.1) is 0 Å². The van der Waals surface area contributed by atoms with E-state index in [4.69, 9.17) is 0 Å². The van der Waals surface area contributed by atoms with Crippen LogP contribution >= 0.6 is 53.7 Å². The van der Waals surface area contributed by atoms with Crippen molar-refractivity contribution in [1.29, 1.82) is 0 Å². The highest BCUT2D eigenvalue weighted by Crippen LogP contribution is 2.49. The first-order chi connectivity index (χ1) is 15.7. The average molecular weight is 608 g/mol. The lowest BCUT2D eigenvalue weighted by molar-refractivity contribution is 0.565. The molecule has 0 saturated heterocycles. The molecule has 0 aliphatic rings. The highest BCUT2D eigenvalue weighted by Gasteiger charge is 2.25. The van der Waals surface area contributed by atoms with Crippen LogP contribution in [0.2, 0.25) is 0 Å². The maximum Gasteiger partial charge on any atom is 0.206 e. The molecule has 184 valence electrons. The number of hydrogen-bond donors (Lipinski definition) is 0. The number of halogens is 2. The number of fused-ring (bicyclic) bond motifs is 1. The minimum absolute atomic E-state index is 0.305. The average Bonchev–Trinajstić information content (AvgIpc) is 3.28. The standard InChI is InChI=1S/C28H47Br2S2/c1-3-5-7-9-11-13-15-17-19-21-25-26(30)28-27(31-25)24(29)23-32(28)22-20-18-16-14-12-10-8-6-4-2/h23H,3-22H2,1-2H3/q+1. The van der Waals surface area contributed by atoms with Gasteiger partial charge in [0.15, 0.2) is 5.38 Å². The van der Waals surface area contributed by atoms with Crippen molar-refractivity contribution in [2.75, 3.05) is 0 Å². The minimum Gasteiger partial charge on any atom is -0.132 e. The highest BCUT2D eigenvalue weighted by atomic mass is 79.9. The summed E-state index contributed by atoms with van der Waals surface area (Å²) in [7, 11) is 0.305. The summed E-state index contributed by atoms with van der Waals surface area (Å²) < 4.78 is 5.94. The third-order valence-electron chi connectivity index (χ3n) is 6.58. The van der Waals surface area contributed by atoms with Gasteiger partial charge in [0.25, 0.3) is 0 Å². The van der Waals surface area contributed by atoms with Crippen LogP contribution in [0.5, 0.6) is 0 Å². The fourth-order valence-electron chi connectivity index (χ4n) is 4.56. The third kappa shape index (κ3) is 10.5. The predicted molar refractivity (Wildman–Crippen MR) is 158 cm³/mol. The summed E-state index contributed by atoms with van der Waals surface area (Å²) in [6.45, 7) is 4.60. The van der Waals surface area contributed by atoms with Crippen LogP contribution < -0.4 is 0 Å². The molecule has 0 aliphatic heterocycles. The van der Waals surface area contributed by atoms with Crippen LogP contribution in [-0.4, -0.2) is 0 Å². The SMILES string of the molecule is CCCCCCCCCCCc1sc2c(Br)c[s+](CCCCCCCCCCC)c2c1Br. The predicted octanol–water partition coefficient (Wildman–Crippen LogP) is 12.8. The molecule has 0 radical (unpaired) electrons. The van der Waals surface area contributed by atoms with Crippen molar-refractivity contribution in [3.63, 3.8) is 0 Å². The summed E-state index contributed by atoms with van der Waals surface area (Å²) in [4.78, 5) is 1.59. The lowest BCUT2D eigenvalue weighted by atomic mass is 10.1. The fraction of sp³-hybridized carbons (Fsp3) is 0.786. The second kappa shape index (κ2) is 18.0.